The van der Waals surface area contributed by atoms with Crippen LogP contribution in [0.25, 0.3) is 11.5 Å². The fraction of sp³-hybridized carbons (Fsp3) is 0.105. The summed E-state index contributed by atoms with van der Waals surface area (Å²) in [6.45, 7) is 0. The molecule has 0 radical (unpaired) electrons. The van der Waals surface area contributed by atoms with Gasteiger partial charge in [-0.1, -0.05) is 6.07 Å². The highest BCUT2D eigenvalue weighted by Gasteiger charge is 2.37. The minimum absolute atomic E-state index is 0.0615. The van der Waals surface area contributed by atoms with Crippen molar-refractivity contribution in [2.24, 2.45) is 4.99 Å². The van der Waals surface area contributed by atoms with Crippen molar-refractivity contribution in [2.75, 3.05) is 5.73 Å². The van der Waals surface area contributed by atoms with Crippen molar-refractivity contribution in [3.05, 3.63) is 71.9 Å². The summed E-state index contributed by atoms with van der Waals surface area (Å²) in [5.41, 5.74) is 7.18. The lowest BCUT2D eigenvalue weighted by atomic mass is 9.86. The van der Waals surface area contributed by atoms with Crippen molar-refractivity contribution in [1.29, 1.82) is 5.26 Å². The van der Waals surface area contributed by atoms with Crippen LogP contribution in [0.15, 0.2) is 64.5 Å². The van der Waals surface area contributed by atoms with Gasteiger partial charge in [-0.25, -0.2) is 9.97 Å². The van der Waals surface area contributed by atoms with Gasteiger partial charge in [-0.05, 0) is 35.9 Å². The molecule has 0 fully saturated rings. The van der Waals surface area contributed by atoms with Crippen LogP contribution in [0.2, 0.25) is 0 Å². The predicted octanol–water partition coefficient (Wildman–Crippen LogP) is 2.66. The summed E-state index contributed by atoms with van der Waals surface area (Å²) in [5.74, 6) is 0.519. The first-order valence-electron chi connectivity index (χ1n) is 7.96. The maximum Gasteiger partial charge on any atom is 0.221 e. The van der Waals surface area contributed by atoms with E-state index in [-0.39, 0.29) is 5.95 Å². The molecule has 0 amide bonds. The molecule has 2 N–H and O–H groups in total. The molecule has 0 saturated heterocycles. The molecular weight excluding hydrogens is 328 g/mol. The van der Waals surface area contributed by atoms with Gasteiger partial charge in [0.2, 0.25) is 5.95 Å². The van der Waals surface area contributed by atoms with Gasteiger partial charge in [0.1, 0.15) is 22.9 Å². The monoisotopic (exact) mass is 342 g/mol. The first kappa shape index (κ1) is 15.7. The van der Waals surface area contributed by atoms with E-state index in [4.69, 9.17) is 10.2 Å². The van der Waals surface area contributed by atoms with Crippen LogP contribution >= 0.6 is 0 Å². The van der Waals surface area contributed by atoms with Gasteiger partial charge in [-0.2, -0.15) is 5.26 Å². The Hall–Kier alpha value is -3.79. The van der Waals surface area contributed by atoms with Gasteiger partial charge in [-0.3, -0.25) is 9.98 Å². The molecule has 1 unspecified atom stereocenters. The topological polar surface area (TPSA) is 114 Å². The van der Waals surface area contributed by atoms with Gasteiger partial charge in [0.15, 0.2) is 5.76 Å². The number of allylic oxidation sites excluding steroid dienone is 1. The Morgan fingerprint density at radius 2 is 2.15 bits per heavy atom. The van der Waals surface area contributed by atoms with E-state index in [9.17, 15) is 5.26 Å². The molecule has 1 aliphatic heterocycles. The molecule has 0 saturated carbocycles. The lowest BCUT2D eigenvalue weighted by molar-refractivity contribution is 0.548. The minimum Gasteiger partial charge on any atom is -0.463 e. The van der Waals surface area contributed by atoms with Crippen molar-refractivity contribution < 1.29 is 4.42 Å². The maximum atomic E-state index is 9.83. The smallest absolute Gasteiger partial charge is 0.221 e. The van der Waals surface area contributed by atoms with Crippen molar-refractivity contribution in [1.82, 2.24) is 15.0 Å². The van der Waals surface area contributed by atoms with Crippen LogP contribution in [0.1, 0.15) is 16.8 Å². The Morgan fingerprint density at radius 1 is 1.23 bits per heavy atom. The van der Waals surface area contributed by atoms with Crippen molar-refractivity contribution in [3.8, 4) is 17.5 Å². The number of pyridine rings is 1. The highest BCUT2D eigenvalue weighted by Crippen LogP contribution is 2.37. The quantitative estimate of drug-likeness (QED) is 0.779. The van der Waals surface area contributed by atoms with Crippen molar-refractivity contribution >= 4 is 12.2 Å². The normalized spacial score (nSPS) is 18.1. The molecule has 7 nitrogen and oxygen atoms in total. The molecule has 3 aromatic rings. The highest BCUT2D eigenvalue weighted by atomic mass is 16.3. The molecule has 0 bridgehead atoms. The fourth-order valence-electron chi connectivity index (χ4n) is 3.05. The van der Waals surface area contributed by atoms with Crippen LogP contribution in [0.4, 0.5) is 5.95 Å². The fourth-order valence-corrected chi connectivity index (χ4v) is 3.05. The number of aliphatic imine (C=N–C) groups is 1. The molecule has 4 heterocycles. The molecule has 4 rings (SSSR count). The molecule has 0 aliphatic carbocycles. The van der Waals surface area contributed by atoms with E-state index in [0.717, 1.165) is 5.56 Å². The van der Waals surface area contributed by atoms with Gasteiger partial charge in [0.25, 0.3) is 0 Å². The van der Waals surface area contributed by atoms with Crippen LogP contribution < -0.4 is 5.73 Å². The van der Waals surface area contributed by atoms with E-state index in [2.05, 4.69) is 26.0 Å². The molecule has 0 aromatic carbocycles. The number of nitriles is 1. The molecule has 0 spiro atoms. The second kappa shape index (κ2) is 6.26. The van der Waals surface area contributed by atoms with Crippen LogP contribution in [-0.4, -0.2) is 21.2 Å². The number of rotatable bonds is 4. The number of hydrogen-bond donors (Lipinski definition) is 1. The zero-order chi connectivity index (χ0) is 18.0. The molecule has 3 aromatic heterocycles. The minimum atomic E-state index is -0.841. The third kappa shape index (κ3) is 2.63. The van der Waals surface area contributed by atoms with Crippen LogP contribution in [0.3, 0.4) is 0 Å². The average Bonchev–Trinajstić information content (AvgIpc) is 3.34. The molecule has 7 heteroatoms. The van der Waals surface area contributed by atoms with E-state index in [1.165, 1.54) is 6.26 Å². The van der Waals surface area contributed by atoms with Gasteiger partial charge >= 0.3 is 0 Å². The number of nitrogens with zero attached hydrogens (tertiary/aromatic N) is 5. The maximum absolute atomic E-state index is 9.83. The number of aromatic nitrogens is 3. The van der Waals surface area contributed by atoms with Crippen molar-refractivity contribution in [2.45, 2.75) is 12.0 Å². The molecule has 1 atom stereocenters. The summed E-state index contributed by atoms with van der Waals surface area (Å²) >= 11 is 0. The van der Waals surface area contributed by atoms with E-state index >= 15 is 0 Å². The Morgan fingerprint density at radius 3 is 2.81 bits per heavy atom. The average molecular weight is 342 g/mol. The predicted molar refractivity (Wildman–Crippen MR) is 96.1 cm³/mol. The van der Waals surface area contributed by atoms with E-state index in [0.29, 0.717) is 29.1 Å². The summed E-state index contributed by atoms with van der Waals surface area (Å²) in [6, 6.07) is 9.48. The number of nitrogen functional groups attached to an aromatic ring is 1. The van der Waals surface area contributed by atoms with Crippen molar-refractivity contribution in [3.63, 3.8) is 0 Å². The Labute approximate surface area is 149 Å². The van der Waals surface area contributed by atoms with Gasteiger partial charge in [0.05, 0.1) is 12.0 Å². The Bertz CT molecular complexity index is 1020. The number of nitrogens with two attached hydrogens (primary N) is 1. The summed E-state index contributed by atoms with van der Waals surface area (Å²) in [7, 11) is 0. The zero-order valence-corrected chi connectivity index (χ0v) is 13.7. The van der Waals surface area contributed by atoms with Crippen LogP contribution in [0, 0.1) is 11.3 Å². The SMILES string of the molecule is N#Cc1c(-c2ccco2)nc(N)nc1C1(Cc2cccnc2)C=CC=N1. The molecule has 126 valence electrons. The summed E-state index contributed by atoms with van der Waals surface area (Å²) in [4.78, 5) is 17.4. The zero-order valence-electron chi connectivity index (χ0n) is 13.7. The van der Waals surface area contributed by atoms with Gasteiger partial charge in [0, 0.05) is 25.0 Å². The largest absolute Gasteiger partial charge is 0.463 e. The second-order valence-corrected chi connectivity index (χ2v) is 5.84. The van der Waals surface area contributed by atoms with E-state index in [1.54, 1.807) is 30.7 Å². The Balaban J connectivity index is 1.92. The summed E-state index contributed by atoms with van der Waals surface area (Å²) in [6.07, 6.45) is 10.9. The lowest BCUT2D eigenvalue weighted by Gasteiger charge is -2.25. The summed E-state index contributed by atoms with van der Waals surface area (Å²) in [5, 5.41) is 9.83. The third-order valence-corrected chi connectivity index (χ3v) is 4.16. The summed E-state index contributed by atoms with van der Waals surface area (Å²) < 4.78 is 5.42. The highest BCUT2D eigenvalue weighted by molar-refractivity contribution is 5.77. The standard InChI is InChI=1S/C19H14N6O/c20-11-14-16(15-5-2-9-26-15)24-18(21)25-17(14)19(6-3-8-23-19)10-13-4-1-7-22-12-13/h1-9,12H,10H2,(H2,21,24,25). The first-order chi connectivity index (χ1) is 12.7. The second-order valence-electron chi connectivity index (χ2n) is 5.84. The Kier molecular flexibility index (Phi) is 3.78. The van der Waals surface area contributed by atoms with Gasteiger partial charge in [-0.15, -0.1) is 0 Å². The van der Waals surface area contributed by atoms with Crippen LogP contribution in [-0.2, 0) is 12.0 Å². The number of furan rings is 1. The molecular formula is C19H14N6O. The van der Waals surface area contributed by atoms with Crippen LogP contribution in [0.5, 0.6) is 0 Å². The molecule has 1 aliphatic rings. The molecule has 26 heavy (non-hydrogen) atoms. The van der Waals surface area contributed by atoms with Gasteiger partial charge < -0.3 is 10.2 Å². The number of anilines is 1. The van der Waals surface area contributed by atoms with E-state index < -0.39 is 5.54 Å². The lowest BCUT2D eigenvalue weighted by Crippen LogP contribution is -2.27. The first-order valence-corrected chi connectivity index (χ1v) is 7.96. The third-order valence-electron chi connectivity index (χ3n) is 4.16. The number of hydrogen-bond acceptors (Lipinski definition) is 7. The van der Waals surface area contributed by atoms with E-state index in [1.807, 2.05) is 24.3 Å².